The molecule has 122 valence electrons. The quantitative estimate of drug-likeness (QED) is 0.392. The van der Waals surface area contributed by atoms with Crippen molar-refractivity contribution < 1.29 is 4.79 Å². The van der Waals surface area contributed by atoms with Gasteiger partial charge in [-0.1, -0.05) is 25.0 Å². The monoisotopic (exact) mass is 416 g/mol. The Morgan fingerprint density at radius 1 is 1.27 bits per heavy atom. The molecule has 0 saturated heterocycles. The van der Waals surface area contributed by atoms with Gasteiger partial charge in [0.2, 0.25) is 5.91 Å². The molecule has 4 N–H and O–H groups in total. The van der Waals surface area contributed by atoms with Crippen LogP contribution in [0, 0.1) is 0 Å². The molecule has 1 aliphatic carbocycles. The van der Waals surface area contributed by atoms with Crippen LogP contribution in [0.15, 0.2) is 29.3 Å². The zero-order valence-electron chi connectivity index (χ0n) is 13.0. The predicted octanol–water partition coefficient (Wildman–Crippen LogP) is 2.40. The van der Waals surface area contributed by atoms with Gasteiger partial charge in [0.25, 0.3) is 0 Å². The summed E-state index contributed by atoms with van der Waals surface area (Å²) in [5, 5.41) is 6.76. The van der Waals surface area contributed by atoms with Gasteiger partial charge in [0.15, 0.2) is 5.96 Å². The summed E-state index contributed by atoms with van der Waals surface area (Å²) in [5.41, 5.74) is 6.82. The second kappa shape index (κ2) is 9.66. The van der Waals surface area contributed by atoms with Crippen molar-refractivity contribution in [1.82, 2.24) is 10.6 Å². The highest BCUT2D eigenvalue weighted by molar-refractivity contribution is 14.0. The van der Waals surface area contributed by atoms with E-state index in [9.17, 15) is 4.79 Å². The number of halogens is 1. The first-order valence-corrected chi connectivity index (χ1v) is 7.62. The van der Waals surface area contributed by atoms with Crippen LogP contribution in [0.5, 0.6) is 0 Å². The summed E-state index contributed by atoms with van der Waals surface area (Å²) in [7, 11) is 0. The Morgan fingerprint density at radius 3 is 2.45 bits per heavy atom. The van der Waals surface area contributed by atoms with E-state index < -0.39 is 5.91 Å². The van der Waals surface area contributed by atoms with Crippen molar-refractivity contribution >= 4 is 35.8 Å². The number of guanidine groups is 1. The average Bonchev–Trinajstić information content (AvgIpc) is 2.98. The van der Waals surface area contributed by atoms with Gasteiger partial charge in [0, 0.05) is 18.2 Å². The molecule has 1 aliphatic rings. The van der Waals surface area contributed by atoms with Gasteiger partial charge < -0.3 is 16.4 Å². The lowest BCUT2D eigenvalue weighted by Crippen LogP contribution is -2.42. The van der Waals surface area contributed by atoms with Crippen LogP contribution in [-0.4, -0.2) is 24.5 Å². The third-order valence-corrected chi connectivity index (χ3v) is 3.70. The lowest BCUT2D eigenvalue weighted by Gasteiger charge is -2.16. The SMILES string of the molecule is CCNC(=NCc1ccc(C(N)=O)cc1)NC1CCCC1.I. The number of hydrogen-bond acceptors (Lipinski definition) is 2. The number of benzene rings is 1. The van der Waals surface area contributed by atoms with Crippen LogP contribution < -0.4 is 16.4 Å². The molecule has 2 rings (SSSR count). The van der Waals surface area contributed by atoms with Crippen molar-refractivity contribution in [2.75, 3.05) is 6.54 Å². The fourth-order valence-corrected chi connectivity index (χ4v) is 2.53. The highest BCUT2D eigenvalue weighted by Crippen LogP contribution is 2.17. The molecule has 1 aromatic carbocycles. The maximum absolute atomic E-state index is 11.0. The second-order valence-electron chi connectivity index (χ2n) is 5.38. The third-order valence-electron chi connectivity index (χ3n) is 3.70. The Hall–Kier alpha value is -1.31. The molecule has 1 aromatic rings. The van der Waals surface area contributed by atoms with Crippen molar-refractivity contribution in [2.45, 2.75) is 45.2 Å². The minimum atomic E-state index is -0.402. The number of nitrogens with one attached hydrogen (secondary N) is 2. The topological polar surface area (TPSA) is 79.5 Å². The molecule has 0 spiro atoms. The lowest BCUT2D eigenvalue weighted by atomic mass is 10.1. The van der Waals surface area contributed by atoms with Gasteiger partial charge in [-0.2, -0.15) is 0 Å². The number of primary amides is 1. The van der Waals surface area contributed by atoms with Gasteiger partial charge in [0.1, 0.15) is 0 Å². The Bertz CT molecular complexity index is 495. The Morgan fingerprint density at radius 2 is 1.91 bits per heavy atom. The first kappa shape index (κ1) is 18.7. The zero-order chi connectivity index (χ0) is 15.1. The summed E-state index contributed by atoms with van der Waals surface area (Å²) >= 11 is 0. The van der Waals surface area contributed by atoms with Gasteiger partial charge >= 0.3 is 0 Å². The van der Waals surface area contributed by atoms with E-state index >= 15 is 0 Å². The van der Waals surface area contributed by atoms with Crippen molar-refractivity contribution in [1.29, 1.82) is 0 Å². The van der Waals surface area contributed by atoms with E-state index in [0.29, 0.717) is 18.2 Å². The molecule has 1 fully saturated rings. The molecule has 22 heavy (non-hydrogen) atoms. The van der Waals surface area contributed by atoms with E-state index in [1.54, 1.807) is 12.1 Å². The molecule has 0 aromatic heterocycles. The fraction of sp³-hybridized carbons (Fsp3) is 0.500. The maximum atomic E-state index is 11.0. The Labute approximate surface area is 149 Å². The normalized spacial score (nSPS) is 15.2. The van der Waals surface area contributed by atoms with E-state index in [1.807, 2.05) is 12.1 Å². The fourth-order valence-electron chi connectivity index (χ4n) is 2.53. The minimum absolute atomic E-state index is 0. The summed E-state index contributed by atoms with van der Waals surface area (Å²) in [5.74, 6) is 0.463. The summed E-state index contributed by atoms with van der Waals surface area (Å²) in [6, 6.07) is 7.81. The van der Waals surface area contributed by atoms with Crippen LogP contribution >= 0.6 is 24.0 Å². The molecule has 1 saturated carbocycles. The van der Waals surface area contributed by atoms with E-state index in [0.717, 1.165) is 18.1 Å². The molecule has 0 heterocycles. The van der Waals surface area contributed by atoms with Gasteiger partial charge in [-0.05, 0) is 37.5 Å². The molecule has 0 unspecified atom stereocenters. The number of rotatable bonds is 5. The number of nitrogens with two attached hydrogens (primary N) is 1. The smallest absolute Gasteiger partial charge is 0.248 e. The van der Waals surface area contributed by atoms with E-state index in [2.05, 4.69) is 22.5 Å². The summed E-state index contributed by atoms with van der Waals surface area (Å²) in [6.45, 7) is 3.49. The Balaban J connectivity index is 0.00000242. The summed E-state index contributed by atoms with van der Waals surface area (Å²) in [6.07, 6.45) is 5.03. The maximum Gasteiger partial charge on any atom is 0.248 e. The van der Waals surface area contributed by atoms with Crippen molar-refractivity contribution in [3.63, 3.8) is 0 Å². The van der Waals surface area contributed by atoms with Gasteiger partial charge in [-0.15, -0.1) is 24.0 Å². The van der Waals surface area contributed by atoms with Crippen LogP contribution in [0.1, 0.15) is 48.5 Å². The van der Waals surface area contributed by atoms with Crippen LogP contribution in [0.3, 0.4) is 0 Å². The van der Waals surface area contributed by atoms with Crippen molar-refractivity contribution in [3.8, 4) is 0 Å². The van der Waals surface area contributed by atoms with E-state index in [4.69, 9.17) is 5.73 Å². The average molecular weight is 416 g/mol. The summed E-state index contributed by atoms with van der Waals surface area (Å²) < 4.78 is 0. The molecule has 1 amide bonds. The number of amides is 1. The van der Waals surface area contributed by atoms with E-state index in [-0.39, 0.29) is 24.0 Å². The number of carbonyl (C=O) groups excluding carboxylic acids is 1. The molecule has 6 heteroatoms. The van der Waals surface area contributed by atoms with Crippen LogP contribution in [0.4, 0.5) is 0 Å². The van der Waals surface area contributed by atoms with Crippen LogP contribution in [-0.2, 0) is 6.54 Å². The number of carbonyl (C=O) groups is 1. The minimum Gasteiger partial charge on any atom is -0.366 e. The highest BCUT2D eigenvalue weighted by atomic mass is 127. The molecule has 0 aliphatic heterocycles. The van der Waals surface area contributed by atoms with Gasteiger partial charge in [-0.25, -0.2) is 4.99 Å². The molecule has 0 atom stereocenters. The lowest BCUT2D eigenvalue weighted by molar-refractivity contribution is 0.100. The molecule has 0 bridgehead atoms. The van der Waals surface area contributed by atoms with Crippen molar-refractivity contribution in [3.05, 3.63) is 35.4 Å². The predicted molar refractivity (Wildman–Crippen MR) is 101 cm³/mol. The number of nitrogens with zero attached hydrogens (tertiary/aromatic N) is 1. The van der Waals surface area contributed by atoms with Gasteiger partial charge in [-0.3, -0.25) is 4.79 Å². The first-order valence-electron chi connectivity index (χ1n) is 7.62. The Kier molecular flexibility index (Phi) is 8.22. The molecule has 0 radical (unpaired) electrons. The molecular weight excluding hydrogens is 391 g/mol. The standard InChI is InChI=1S/C16H24N4O.HI/c1-2-18-16(20-14-5-3-4-6-14)19-11-12-7-9-13(10-8-12)15(17)21;/h7-10,14H,2-6,11H2,1H3,(H2,17,21)(H2,18,19,20);1H. The van der Waals surface area contributed by atoms with Crippen molar-refractivity contribution in [2.24, 2.45) is 10.7 Å². The van der Waals surface area contributed by atoms with Gasteiger partial charge in [0.05, 0.1) is 6.54 Å². The van der Waals surface area contributed by atoms with E-state index in [1.165, 1.54) is 25.7 Å². The number of hydrogen-bond donors (Lipinski definition) is 3. The second-order valence-corrected chi connectivity index (χ2v) is 5.38. The highest BCUT2D eigenvalue weighted by Gasteiger charge is 2.15. The first-order chi connectivity index (χ1) is 10.2. The van der Waals surface area contributed by atoms with Crippen LogP contribution in [0.25, 0.3) is 0 Å². The number of aliphatic imine (C=N–C) groups is 1. The van der Waals surface area contributed by atoms with Crippen LogP contribution in [0.2, 0.25) is 0 Å². The molecular formula is C16H25IN4O. The third kappa shape index (κ3) is 5.82. The zero-order valence-corrected chi connectivity index (χ0v) is 15.3. The molecule has 5 nitrogen and oxygen atoms in total. The summed E-state index contributed by atoms with van der Waals surface area (Å²) in [4.78, 5) is 15.6. The largest absolute Gasteiger partial charge is 0.366 e.